The van der Waals surface area contributed by atoms with Crippen LogP contribution >= 0.6 is 0 Å². The molecule has 0 saturated carbocycles. The van der Waals surface area contributed by atoms with Gasteiger partial charge in [0.15, 0.2) is 5.82 Å². The van der Waals surface area contributed by atoms with Gasteiger partial charge in [0.2, 0.25) is 11.8 Å². The van der Waals surface area contributed by atoms with E-state index in [2.05, 4.69) is 14.8 Å². The maximum Gasteiger partial charge on any atom is 0.228 e. The van der Waals surface area contributed by atoms with Gasteiger partial charge in [0, 0.05) is 51.6 Å². The second-order valence-electron chi connectivity index (χ2n) is 6.71. The molecule has 2 amide bonds. The fraction of sp³-hybridized carbons (Fsp3) is 0.444. The molecule has 1 fully saturated rings. The zero-order chi connectivity index (χ0) is 17.4. The number of carbonyl (C=O) groups excluding carboxylic acids is 2. The van der Waals surface area contributed by atoms with Gasteiger partial charge in [-0.3, -0.25) is 9.59 Å². The van der Waals surface area contributed by atoms with Crippen LogP contribution < -0.4 is 0 Å². The average Bonchev–Trinajstić information content (AvgIpc) is 3.11. The summed E-state index contributed by atoms with van der Waals surface area (Å²) in [5, 5.41) is 8.66. The van der Waals surface area contributed by atoms with Crippen molar-refractivity contribution in [3.05, 3.63) is 36.2 Å². The van der Waals surface area contributed by atoms with Gasteiger partial charge in [-0.25, -0.2) is 0 Å². The molecule has 7 heteroatoms. The highest BCUT2D eigenvalue weighted by molar-refractivity contribution is 5.89. The molecule has 25 heavy (non-hydrogen) atoms. The Kier molecular flexibility index (Phi) is 3.99. The highest BCUT2D eigenvalue weighted by Gasteiger charge is 2.35. The molecule has 0 N–H and O–H groups in total. The number of nitrogens with zero attached hydrogens (tertiary/aromatic N) is 5. The van der Waals surface area contributed by atoms with Gasteiger partial charge < -0.3 is 14.4 Å². The van der Waals surface area contributed by atoms with E-state index in [0.717, 1.165) is 17.2 Å². The summed E-state index contributed by atoms with van der Waals surface area (Å²) < 4.78 is 2.11. The van der Waals surface area contributed by atoms with Crippen molar-refractivity contribution in [1.82, 2.24) is 24.6 Å². The van der Waals surface area contributed by atoms with Crippen LogP contribution in [0.2, 0.25) is 0 Å². The fourth-order valence-electron chi connectivity index (χ4n) is 3.63. The summed E-state index contributed by atoms with van der Waals surface area (Å²) >= 11 is 0. The Bertz CT molecular complexity index is 801. The van der Waals surface area contributed by atoms with Crippen LogP contribution in [-0.4, -0.2) is 63.1 Å². The Morgan fingerprint density at radius 1 is 1.12 bits per heavy atom. The lowest BCUT2D eigenvalue weighted by atomic mass is 10.1. The molecular formula is C18H21N5O2. The van der Waals surface area contributed by atoms with Gasteiger partial charge in [0.05, 0.1) is 5.92 Å². The van der Waals surface area contributed by atoms with Gasteiger partial charge in [-0.2, -0.15) is 0 Å². The van der Waals surface area contributed by atoms with Crippen molar-refractivity contribution in [3.8, 4) is 11.4 Å². The van der Waals surface area contributed by atoms with Crippen LogP contribution in [0.15, 0.2) is 30.3 Å². The third-order valence-corrected chi connectivity index (χ3v) is 5.06. The first-order valence-corrected chi connectivity index (χ1v) is 8.63. The lowest BCUT2D eigenvalue weighted by Crippen LogP contribution is -2.39. The zero-order valence-corrected chi connectivity index (χ0v) is 14.3. The number of aromatic nitrogens is 3. The molecule has 1 atom stereocenters. The molecule has 2 aliphatic rings. The lowest BCUT2D eigenvalue weighted by Gasteiger charge is -2.23. The average molecular weight is 339 g/mol. The Morgan fingerprint density at radius 2 is 1.92 bits per heavy atom. The number of benzene rings is 1. The topological polar surface area (TPSA) is 71.3 Å². The molecule has 0 bridgehead atoms. The summed E-state index contributed by atoms with van der Waals surface area (Å²) in [7, 11) is 1.76. The molecule has 1 aromatic carbocycles. The predicted octanol–water partition coefficient (Wildman–Crippen LogP) is 0.808. The van der Waals surface area contributed by atoms with Crippen molar-refractivity contribution >= 4 is 11.8 Å². The van der Waals surface area contributed by atoms with E-state index in [1.165, 1.54) is 0 Å². The van der Waals surface area contributed by atoms with Crippen molar-refractivity contribution < 1.29 is 9.59 Å². The van der Waals surface area contributed by atoms with Crippen LogP contribution in [0, 0.1) is 5.92 Å². The summed E-state index contributed by atoms with van der Waals surface area (Å²) in [6.07, 6.45) is 1.01. The Hall–Kier alpha value is -2.70. The van der Waals surface area contributed by atoms with Gasteiger partial charge in [-0.05, 0) is 0 Å². The first kappa shape index (κ1) is 15.8. The number of likely N-dealkylation sites (tertiary alicyclic amines) is 1. The Balaban J connectivity index is 1.50. The van der Waals surface area contributed by atoms with E-state index in [-0.39, 0.29) is 17.7 Å². The third kappa shape index (κ3) is 2.90. The van der Waals surface area contributed by atoms with Crippen molar-refractivity contribution in [3.63, 3.8) is 0 Å². The Morgan fingerprint density at radius 3 is 2.64 bits per heavy atom. The predicted molar refractivity (Wildman–Crippen MR) is 91.5 cm³/mol. The first-order chi connectivity index (χ1) is 12.1. The fourth-order valence-corrected chi connectivity index (χ4v) is 3.63. The molecule has 2 aromatic rings. The monoisotopic (exact) mass is 339 g/mol. The van der Waals surface area contributed by atoms with E-state index in [4.69, 9.17) is 0 Å². The molecule has 7 nitrogen and oxygen atoms in total. The minimum Gasteiger partial charge on any atom is -0.345 e. The highest BCUT2D eigenvalue weighted by atomic mass is 16.2. The molecule has 4 rings (SSSR count). The number of carbonyl (C=O) groups is 2. The zero-order valence-electron chi connectivity index (χ0n) is 14.3. The van der Waals surface area contributed by atoms with Crippen LogP contribution in [0.4, 0.5) is 0 Å². The van der Waals surface area contributed by atoms with Gasteiger partial charge in [0.1, 0.15) is 5.82 Å². The van der Waals surface area contributed by atoms with E-state index in [1.54, 1.807) is 11.9 Å². The van der Waals surface area contributed by atoms with Gasteiger partial charge >= 0.3 is 0 Å². The Labute approximate surface area is 146 Å². The molecule has 1 saturated heterocycles. The highest BCUT2D eigenvalue weighted by Crippen LogP contribution is 2.22. The third-order valence-electron chi connectivity index (χ3n) is 5.06. The first-order valence-electron chi connectivity index (χ1n) is 8.63. The van der Waals surface area contributed by atoms with Crippen LogP contribution in [0.25, 0.3) is 11.4 Å². The van der Waals surface area contributed by atoms with Crippen molar-refractivity contribution in [1.29, 1.82) is 0 Å². The summed E-state index contributed by atoms with van der Waals surface area (Å²) in [6, 6.07) is 9.98. The van der Waals surface area contributed by atoms with Crippen LogP contribution in [0.1, 0.15) is 12.2 Å². The molecule has 0 unspecified atom stereocenters. The summed E-state index contributed by atoms with van der Waals surface area (Å²) in [5.41, 5.74) is 1.03. The van der Waals surface area contributed by atoms with Crippen LogP contribution in [-0.2, 0) is 22.6 Å². The van der Waals surface area contributed by atoms with Crippen LogP contribution in [0.5, 0.6) is 0 Å². The SMILES string of the molecule is CN1C[C@@H](C(=O)N2CCc3nnc(-c4ccccc4)n3CC2)CC1=O. The number of hydrogen-bond acceptors (Lipinski definition) is 4. The molecule has 130 valence electrons. The molecule has 2 aliphatic heterocycles. The summed E-state index contributed by atoms with van der Waals surface area (Å²) in [6.45, 7) is 2.45. The van der Waals surface area contributed by atoms with Gasteiger partial charge in [-0.1, -0.05) is 30.3 Å². The van der Waals surface area contributed by atoms with Gasteiger partial charge in [-0.15, -0.1) is 10.2 Å². The number of hydrogen-bond donors (Lipinski definition) is 0. The van der Waals surface area contributed by atoms with E-state index in [9.17, 15) is 9.59 Å². The van der Waals surface area contributed by atoms with E-state index in [0.29, 0.717) is 39.0 Å². The molecule has 0 radical (unpaired) electrons. The normalized spacial score (nSPS) is 20.5. The molecule has 0 aliphatic carbocycles. The van der Waals surface area contributed by atoms with E-state index in [1.807, 2.05) is 35.2 Å². The van der Waals surface area contributed by atoms with E-state index < -0.39 is 0 Å². The largest absolute Gasteiger partial charge is 0.345 e. The maximum absolute atomic E-state index is 12.8. The minimum absolute atomic E-state index is 0.0525. The minimum atomic E-state index is -0.213. The quantitative estimate of drug-likeness (QED) is 0.812. The van der Waals surface area contributed by atoms with Gasteiger partial charge in [0.25, 0.3) is 0 Å². The maximum atomic E-state index is 12.8. The molecular weight excluding hydrogens is 318 g/mol. The van der Waals surface area contributed by atoms with Crippen molar-refractivity contribution in [2.45, 2.75) is 19.4 Å². The summed E-state index contributed by atoms with van der Waals surface area (Å²) in [4.78, 5) is 28.0. The van der Waals surface area contributed by atoms with Crippen LogP contribution in [0.3, 0.4) is 0 Å². The number of fused-ring (bicyclic) bond motifs is 1. The standard InChI is InChI=1S/C18H21N5O2/c1-21-12-14(11-16(21)24)18(25)22-8-7-15-19-20-17(23(15)10-9-22)13-5-3-2-4-6-13/h2-6,14H,7-12H2,1H3/t14-/m0/s1. The van der Waals surface area contributed by atoms with Crippen molar-refractivity contribution in [2.24, 2.45) is 5.92 Å². The molecule has 1 aromatic heterocycles. The molecule has 3 heterocycles. The number of amides is 2. The smallest absolute Gasteiger partial charge is 0.228 e. The van der Waals surface area contributed by atoms with Crippen molar-refractivity contribution in [2.75, 3.05) is 26.7 Å². The second-order valence-corrected chi connectivity index (χ2v) is 6.71. The lowest BCUT2D eigenvalue weighted by molar-refractivity contribution is -0.135. The van der Waals surface area contributed by atoms with E-state index >= 15 is 0 Å². The molecule has 0 spiro atoms. The number of rotatable bonds is 2. The summed E-state index contributed by atoms with van der Waals surface area (Å²) in [5.74, 6) is 1.68. The second kappa shape index (κ2) is 6.31.